The van der Waals surface area contributed by atoms with Gasteiger partial charge in [-0.05, 0) is 42.5 Å². The Morgan fingerprint density at radius 1 is 1.07 bits per heavy atom. The van der Waals surface area contributed by atoms with Crippen molar-refractivity contribution in [3.05, 3.63) is 71.2 Å². The molecule has 3 aromatic rings. The van der Waals surface area contributed by atoms with Crippen LogP contribution in [0.3, 0.4) is 0 Å². The predicted molar refractivity (Wildman–Crippen MR) is 112 cm³/mol. The Kier molecular flexibility index (Phi) is 5.39. The van der Waals surface area contributed by atoms with Crippen LogP contribution in [0.2, 0.25) is 0 Å². The van der Waals surface area contributed by atoms with E-state index < -0.39 is 0 Å². The molecule has 0 bridgehead atoms. The average molecular weight is 406 g/mol. The van der Waals surface area contributed by atoms with Crippen LogP contribution in [-0.2, 0) is 4.79 Å². The molecule has 0 atom stereocenters. The molecule has 0 aliphatic carbocycles. The summed E-state index contributed by atoms with van der Waals surface area (Å²) in [6.07, 6.45) is 3.10. The van der Waals surface area contributed by atoms with Gasteiger partial charge >= 0.3 is 0 Å². The Morgan fingerprint density at radius 3 is 2.59 bits per heavy atom. The number of ketones is 1. The van der Waals surface area contributed by atoms with Gasteiger partial charge in [0.15, 0.2) is 22.4 Å². The van der Waals surface area contributed by atoms with Gasteiger partial charge in [-0.3, -0.25) is 14.5 Å². The summed E-state index contributed by atoms with van der Waals surface area (Å²) in [5.74, 6) is 0.925. The molecule has 0 saturated carbocycles. The number of nitrogens with zero attached hydrogens (tertiary/aromatic N) is 2. The summed E-state index contributed by atoms with van der Waals surface area (Å²) in [6, 6.07) is 14.5. The fourth-order valence-electron chi connectivity index (χ4n) is 2.91. The molecular formula is C22H18N2O4S. The SMILES string of the molecule is CC(=O)N(c1ccccc1)c1nc(/C=C/C(=O)c2ccc3c(c2)OCCO3)cs1. The van der Waals surface area contributed by atoms with Gasteiger partial charge in [-0.1, -0.05) is 18.2 Å². The number of amides is 1. The van der Waals surface area contributed by atoms with Crippen molar-refractivity contribution in [3.8, 4) is 11.5 Å². The molecule has 6 nitrogen and oxygen atoms in total. The van der Waals surface area contributed by atoms with E-state index in [1.807, 2.05) is 35.7 Å². The normalized spacial score (nSPS) is 12.7. The van der Waals surface area contributed by atoms with Crippen LogP contribution in [0.4, 0.5) is 10.8 Å². The molecule has 0 unspecified atom stereocenters. The van der Waals surface area contributed by atoms with E-state index in [4.69, 9.17) is 9.47 Å². The average Bonchev–Trinajstić information content (AvgIpc) is 3.20. The Hall–Kier alpha value is -3.45. The highest BCUT2D eigenvalue weighted by atomic mass is 32.1. The van der Waals surface area contributed by atoms with Gasteiger partial charge in [-0.2, -0.15) is 0 Å². The smallest absolute Gasteiger partial charge is 0.230 e. The lowest BCUT2D eigenvalue weighted by atomic mass is 10.1. The largest absolute Gasteiger partial charge is 0.486 e. The zero-order chi connectivity index (χ0) is 20.2. The van der Waals surface area contributed by atoms with E-state index in [0.717, 1.165) is 5.69 Å². The standard InChI is InChI=1S/C22H18N2O4S/c1-15(25)24(18-5-3-2-4-6-18)22-23-17(14-29-22)8-9-19(26)16-7-10-20-21(13-16)28-12-11-27-20/h2-10,13-14H,11-12H2,1H3/b9-8+. The molecule has 4 rings (SSSR count). The van der Waals surface area contributed by atoms with Crippen LogP contribution in [0.1, 0.15) is 23.0 Å². The molecule has 2 aromatic carbocycles. The molecule has 0 spiro atoms. The summed E-state index contributed by atoms with van der Waals surface area (Å²) < 4.78 is 11.0. The molecule has 0 saturated heterocycles. The molecule has 7 heteroatoms. The number of hydrogen-bond donors (Lipinski definition) is 0. The van der Waals surface area contributed by atoms with E-state index in [0.29, 0.717) is 41.1 Å². The number of hydrogen-bond acceptors (Lipinski definition) is 6. The van der Waals surface area contributed by atoms with Crippen molar-refractivity contribution in [2.45, 2.75) is 6.92 Å². The highest BCUT2D eigenvalue weighted by Crippen LogP contribution is 2.31. The topological polar surface area (TPSA) is 68.7 Å². The van der Waals surface area contributed by atoms with Crippen LogP contribution >= 0.6 is 11.3 Å². The van der Waals surface area contributed by atoms with Gasteiger partial charge in [0.2, 0.25) is 5.91 Å². The quantitative estimate of drug-likeness (QED) is 0.461. The van der Waals surface area contributed by atoms with Gasteiger partial charge in [-0.15, -0.1) is 11.3 Å². The first-order valence-electron chi connectivity index (χ1n) is 9.05. The number of ether oxygens (including phenoxy) is 2. The summed E-state index contributed by atoms with van der Waals surface area (Å²) in [6.45, 7) is 2.47. The summed E-state index contributed by atoms with van der Waals surface area (Å²) in [7, 11) is 0. The monoisotopic (exact) mass is 406 g/mol. The molecule has 1 aliphatic heterocycles. The molecule has 0 N–H and O–H groups in total. The van der Waals surface area contributed by atoms with Crippen LogP contribution in [0.15, 0.2) is 60.0 Å². The van der Waals surface area contributed by atoms with Crippen molar-refractivity contribution in [2.24, 2.45) is 0 Å². The zero-order valence-electron chi connectivity index (χ0n) is 15.7. The van der Waals surface area contributed by atoms with Crippen molar-refractivity contribution in [1.82, 2.24) is 4.98 Å². The Balaban J connectivity index is 1.52. The lowest BCUT2D eigenvalue weighted by molar-refractivity contribution is -0.115. The highest BCUT2D eigenvalue weighted by molar-refractivity contribution is 7.14. The number of aromatic nitrogens is 1. The molecule has 29 heavy (non-hydrogen) atoms. The van der Waals surface area contributed by atoms with E-state index in [1.54, 1.807) is 29.2 Å². The minimum atomic E-state index is -0.164. The summed E-state index contributed by atoms with van der Waals surface area (Å²) in [5, 5.41) is 2.36. The minimum Gasteiger partial charge on any atom is -0.486 e. The van der Waals surface area contributed by atoms with Crippen LogP contribution in [0.25, 0.3) is 6.08 Å². The third kappa shape index (κ3) is 4.20. The second-order valence-electron chi connectivity index (χ2n) is 6.30. The van der Waals surface area contributed by atoms with Gasteiger partial charge in [0, 0.05) is 17.9 Å². The molecule has 2 heterocycles. The summed E-state index contributed by atoms with van der Waals surface area (Å²) in [4.78, 5) is 30.7. The molecule has 1 amide bonds. The molecule has 1 aliphatic rings. The Labute approximate surface area is 172 Å². The van der Waals surface area contributed by atoms with E-state index in [2.05, 4.69) is 4.98 Å². The second-order valence-corrected chi connectivity index (χ2v) is 7.14. The van der Waals surface area contributed by atoms with E-state index in [-0.39, 0.29) is 11.7 Å². The van der Waals surface area contributed by atoms with Crippen molar-refractivity contribution < 1.29 is 19.1 Å². The lowest BCUT2D eigenvalue weighted by Crippen LogP contribution is -2.22. The first-order chi connectivity index (χ1) is 14.1. The number of allylic oxidation sites excluding steroid dienone is 1. The molecule has 1 aromatic heterocycles. The Morgan fingerprint density at radius 2 is 1.83 bits per heavy atom. The Bertz CT molecular complexity index is 1080. The number of carbonyl (C=O) groups is 2. The van der Waals surface area contributed by atoms with Gasteiger partial charge in [0.1, 0.15) is 13.2 Å². The van der Waals surface area contributed by atoms with Crippen LogP contribution < -0.4 is 14.4 Å². The summed E-state index contributed by atoms with van der Waals surface area (Å²) in [5.41, 5.74) is 1.87. The number of carbonyl (C=O) groups excluding carboxylic acids is 2. The third-order valence-corrected chi connectivity index (χ3v) is 5.11. The van der Waals surface area contributed by atoms with Gasteiger partial charge in [-0.25, -0.2) is 4.98 Å². The fourth-order valence-corrected chi connectivity index (χ4v) is 3.77. The number of para-hydroxylation sites is 1. The van der Waals surface area contributed by atoms with Crippen LogP contribution in [0, 0.1) is 0 Å². The predicted octanol–water partition coefficient (Wildman–Crippen LogP) is 4.50. The van der Waals surface area contributed by atoms with E-state index >= 15 is 0 Å². The lowest BCUT2D eigenvalue weighted by Gasteiger charge is -2.18. The van der Waals surface area contributed by atoms with E-state index in [9.17, 15) is 9.59 Å². The number of thiazole rings is 1. The van der Waals surface area contributed by atoms with Crippen LogP contribution in [0.5, 0.6) is 11.5 Å². The fraction of sp³-hybridized carbons (Fsp3) is 0.136. The molecule has 146 valence electrons. The van der Waals surface area contributed by atoms with Gasteiger partial charge in [0.25, 0.3) is 0 Å². The first-order valence-corrected chi connectivity index (χ1v) is 9.93. The van der Waals surface area contributed by atoms with Crippen molar-refractivity contribution in [1.29, 1.82) is 0 Å². The van der Waals surface area contributed by atoms with Crippen molar-refractivity contribution >= 4 is 39.9 Å². The minimum absolute atomic E-state index is 0.131. The van der Waals surface area contributed by atoms with Crippen molar-refractivity contribution in [2.75, 3.05) is 18.1 Å². The summed E-state index contributed by atoms with van der Waals surface area (Å²) >= 11 is 1.34. The number of fused-ring (bicyclic) bond motifs is 1. The molecule has 0 radical (unpaired) electrons. The van der Waals surface area contributed by atoms with Gasteiger partial charge in [0.05, 0.1) is 11.4 Å². The maximum atomic E-state index is 12.5. The third-order valence-electron chi connectivity index (χ3n) is 4.26. The molecular weight excluding hydrogens is 388 g/mol. The van der Waals surface area contributed by atoms with E-state index in [1.165, 1.54) is 24.3 Å². The maximum Gasteiger partial charge on any atom is 0.230 e. The number of rotatable bonds is 5. The highest BCUT2D eigenvalue weighted by Gasteiger charge is 2.17. The molecule has 0 fully saturated rings. The maximum absolute atomic E-state index is 12.5. The zero-order valence-corrected chi connectivity index (χ0v) is 16.5. The van der Waals surface area contributed by atoms with Gasteiger partial charge < -0.3 is 9.47 Å². The number of benzene rings is 2. The van der Waals surface area contributed by atoms with Crippen LogP contribution in [-0.4, -0.2) is 29.9 Å². The number of anilines is 2. The first kappa shape index (κ1) is 18.9. The second kappa shape index (κ2) is 8.28. The van der Waals surface area contributed by atoms with Crippen molar-refractivity contribution in [3.63, 3.8) is 0 Å².